The molecule has 4 atom stereocenters. The first-order valence-corrected chi connectivity index (χ1v) is 4.58. The lowest BCUT2D eigenvalue weighted by molar-refractivity contribution is 0.456. The average molecular weight is 189 g/mol. The van der Waals surface area contributed by atoms with Gasteiger partial charge in [0.2, 0.25) is 0 Å². The number of hydrogen-bond donors (Lipinski definition) is 2. The summed E-state index contributed by atoms with van der Waals surface area (Å²) in [4.78, 5) is 0. The van der Waals surface area contributed by atoms with Crippen LogP contribution in [0.15, 0.2) is 0 Å². The van der Waals surface area contributed by atoms with Crippen LogP contribution in [0.5, 0.6) is 0 Å². The van der Waals surface area contributed by atoms with Crippen molar-refractivity contribution in [1.82, 2.24) is 5.32 Å². The molecular formula is C9H17ClN2. The van der Waals surface area contributed by atoms with Crippen molar-refractivity contribution in [3.63, 3.8) is 0 Å². The molecule has 2 fully saturated rings. The molecule has 1 heterocycles. The molecular weight excluding hydrogens is 172 g/mol. The van der Waals surface area contributed by atoms with Gasteiger partial charge in [-0.15, -0.1) is 12.4 Å². The predicted molar refractivity (Wildman–Crippen MR) is 53.0 cm³/mol. The standard InChI is InChI=1S/C9H16N2.ClH/c1-3-6-8-5(2)4-7(10)11-9(6)8;/h5-6,8-9H,3-4H2,1-2H3,(H2,10,11);1H/t5?,6?,8-,9-;/m1./s1. The molecule has 0 bridgehead atoms. The van der Waals surface area contributed by atoms with Crippen molar-refractivity contribution >= 4 is 18.2 Å². The van der Waals surface area contributed by atoms with E-state index in [4.69, 9.17) is 5.41 Å². The van der Waals surface area contributed by atoms with Crippen LogP contribution in [0.25, 0.3) is 0 Å². The van der Waals surface area contributed by atoms with Gasteiger partial charge in [0.15, 0.2) is 0 Å². The molecule has 2 aliphatic rings. The zero-order chi connectivity index (χ0) is 8.01. The molecule has 0 aromatic rings. The highest BCUT2D eigenvalue weighted by Gasteiger charge is 2.54. The largest absolute Gasteiger partial charge is 0.371 e. The van der Waals surface area contributed by atoms with Gasteiger partial charge in [-0.1, -0.05) is 20.3 Å². The fourth-order valence-corrected chi connectivity index (χ4v) is 2.62. The molecule has 12 heavy (non-hydrogen) atoms. The number of halogens is 1. The van der Waals surface area contributed by atoms with E-state index in [-0.39, 0.29) is 12.4 Å². The van der Waals surface area contributed by atoms with Crippen LogP contribution in [0.2, 0.25) is 0 Å². The summed E-state index contributed by atoms with van der Waals surface area (Å²) in [5.74, 6) is 3.26. The van der Waals surface area contributed by atoms with Gasteiger partial charge in [-0.05, 0) is 17.8 Å². The Morgan fingerprint density at radius 1 is 1.58 bits per heavy atom. The van der Waals surface area contributed by atoms with Crippen LogP contribution < -0.4 is 5.32 Å². The molecule has 1 aliphatic carbocycles. The molecule has 2 nitrogen and oxygen atoms in total. The number of hydrogen-bond acceptors (Lipinski definition) is 1. The third kappa shape index (κ3) is 1.33. The highest BCUT2D eigenvalue weighted by atomic mass is 35.5. The molecule has 1 aliphatic heterocycles. The van der Waals surface area contributed by atoms with Crippen LogP contribution in [-0.4, -0.2) is 11.9 Å². The van der Waals surface area contributed by atoms with Crippen molar-refractivity contribution in [1.29, 1.82) is 5.41 Å². The first kappa shape index (κ1) is 9.85. The Morgan fingerprint density at radius 3 is 2.83 bits per heavy atom. The van der Waals surface area contributed by atoms with E-state index in [1.807, 2.05) is 0 Å². The first-order valence-electron chi connectivity index (χ1n) is 4.58. The van der Waals surface area contributed by atoms with Gasteiger partial charge in [0, 0.05) is 12.5 Å². The summed E-state index contributed by atoms with van der Waals surface area (Å²) in [5, 5.41) is 10.8. The lowest BCUT2D eigenvalue weighted by atomic mass is 9.97. The Labute approximate surface area is 80.0 Å². The number of nitrogens with one attached hydrogen (secondary N) is 2. The fourth-order valence-electron chi connectivity index (χ4n) is 2.62. The van der Waals surface area contributed by atoms with Crippen molar-refractivity contribution in [2.75, 3.05) is 0 Å². The minimum Gasteiger partial charge on any atom is -0.371 e. The molecule has 0 radical (unpaired) electrons. The van der Waals surface area contributed by atoms with Gasteiger partial charge in [-0.2, -0.15) is 0 Å². The van der Waals surface area contributed by atoms with Gasteiger partial charge in [0.05, 0.1) is 5.84 Å². The van der Waals surface area contributed by atoms with E-state index in [1.165, 1.54) is 6.42 Å². The van der Waals surface area contributed by atoms with Crippen molar-refractivity contribution in [2.24, 2.45) is 17.8 Å². The zero-order valence-electron chi connectivity index (χ0n) is 7.63. The number of rotatable bonds is 1. The smallest absolute Gasteiger partial charge is 0.0936 e. The van der Waals surface area contributed by atoms with Crippen LogP contribution in [0.4, 0.5) is 0 Å². The maximum absolute atomic E-state index is 7.53. The monoisotopic (exact) mass is 188 g/mol. The van der Waals surface area contributed by atoms with Crippen molar-refractivity contribution in [2.45, 2.75) is 32.7 Å². The van der Waals surface area contributed by atoms with Crippen LogP contribution >= 0.6 is 12.4 Å². The summed E-state index contributed by atoms with van der Waals surface area (Å²) >= 11 is 0. The maximum atomic E-state index is 7.53. The Bertz CT molecular complexity index is 193. The predicted octanol–water partition coefficient (Wildman–Crippen LogP) is 2.04. The van der Waals surface area contributed by atoms with Crippen molar-refractivity contribution < 1.29 is 0 Å². The summed E-state index contributed by atoms with van der Waals surface area (Å²) in [7, 11) is 0. The minimum absolute atomic E-state index is 0. The molecule has 0 spiro atoms. The number of piperidine rings is 1. The molecule has 1 saturated carbocycles. The number of amidine groups is 1. The van der Waals surface area contributed by atoms with Gasteiger partial charge in [0.25, 0.3) is 0 Å². The van der Waals surface area contributed by atoms with Crippen LogP contribution in [0, 0.1) is 23.2 Å². The summed E-state index contributed by atoms with van der Waals surface area (Å²) in [5.41, 5.74) is 0. The quantitative estimate of drug-likeness (QED) is 0.649. The van der Waals surface area contributed by atoms with Gasteiger partial charge in [-0.3, -0.25) is 5.41 Å². The Morgan fingerprint density at radius 2 is 2.25 bits per heavy atom. The fraction of sp³-hybridized carbons (Fsp3) is 0.889. The molecule has 0 aromatic heterocycles. The molecule has 2 rings (SSSR count). The van der Waals surface area contributed by atoms with Crippen molar-refractivity contribution in [3.8, 4) is 0 Å². The normalized spacial score (nSPS) is 44.0. The topological polar surface area (TPSA) is 35.9 Å². The minimum atomic E-state index is 0. The summed E-state index contributed by atoms with van der Waals surface area (Å²) in [6.07, 6.45) is 2.25. The summed E-state index contributed by atoms with van der Waals surface area (Å²) < 4.78 is 0. The first-order chi connectivity index (χ1) is 5.24. The third-order valence-corrected chi connectivity index (χ3v) is 3.22. The van der Waals surface area contributed by atoms with E-state index in [0.29, 0.717) is 6.04 Å². The van der Waals surface area contributed by atoms with Gasteiger partial charge in [-0.25, -0.2) is 0 Å². The van der Waals surface area contributed by atoms with Crippen molar-refractivity contribution in [3.05, 3.63) is 0 Å². The highest BCUT2D eigenvalue weighted by molar-refractivity contribution is 5.85. The van der Waals surface area contributed by atoms with Crippen LogP contribution in [0.3, 0.4) is 0 Å². The third-order valence-electron chi connectivity index (χ3n) is 3.22. The lowest BCUT2D eigenvalue weighted by Gasteiger charge is -2.18. The van der Waals surface area contributed by atoms with E-state index in [9.17, 15) is 0 Å². The highest BCUT2D eigenvalue weighted by Crippen LogP contribution is 2.49. The van der Waals surface area contributed by atoms with Gasteiger partial charge >= 0.3 is 0 Å². The molecule has 0 aromatic carbocycles. The number of fused-ring (bicyclic) bond motifs is 1. The van der Waals surface area contributed by atoms with Gasteiger partial charge < -0.3 is 5.32 Å². The molecule has 0 amide bonds. The maximum Gasteiger partial charge on any atom is 0.0936 e. The van der Waals surface area contributed by atoms with Crippen LogP contribution in [-0.2, 0) is 0 Å². The van der Waals surface area contributed by atoms with E-state index in [1.54, 1.807) is 0 Å². The van der Waals surface area contributed by atoms with Crippen LogP contribution in [0.1, 0.15) is 26.7 Å². The molecule has 2 N–H and O–H groups in total. The molecule has 70 valence electrons. The molecule has 1 saturated heterocycles. The van der Waals surface area contributed by atoms with E-state index in [2.05, 4.69) is 19.2 Å². The molecule has 3 heteroatoms. The van der Waals surface area contributed by atoms with E-state index >= 15 is 0 Å². The Kier molecular flexibility index (Phi) is 2.67. The summed E-state index contributed by atoms with van der Waals surface area (Å²) in [6, 6.07) is 0.663. The molecule has 2 unspecified atom stereocenters. The SMILES string of the molecule is CCC1[C@H]2C(C)CC(=N)N[C@H]12.Cl. The Balaban J connectivity index is 0.000000720. The Hall–Kier alpha value is -0.240. The zero-order valence-corrected chi connectivity index (χ0v) is 8.45. The average Bonchev–Trinajstić information content (AvgIpc) is 2.61. The van der Waals surface area contributed by atoms with Gasteiger partial charge in [0.1, 0.15) is 0 Å². The lowest BCUT2D eigenvalue weighted by Crippen LogP contribution is -2.33. The van der Waals surface area contributed by atoms with E-state index < -0.39 is 0 Å². The summed E-state index contributed by atoms with van der Waals surface area (Å²) in [6.45, 7) is 4.53. The second-order valence-electron chi connectivity index (χ2n) is 3.98. The second-order valence-corrected chi connectivity index (χ2v) is 3.98. The van der Waals surface area contributed by atoms with E-state index in [0.717, 1.165) is 30.0 Å². The second kappa shape index (κ2) is 3.25.